The highest BCUT2D eigenvalue weighted by atomic mass is 19.1. The van der Waals surface area contributed by atoms with Crippen LogP contribution in [0.1, 0.15) is 17.8 Å². The molecule has 0 fully saturated rings. The van der Waals surface area contributed by atoms with Crippen molar-refractivity contribution in [1.82, 2.24) is 44.4 Å². The maximum absolute atomic E-state index is 12.3. The summed E-state index contributed by atoms with van der Waals surface area (Å²) in [6.45, 7) is 12.3. The number of ether oxygens (including phenoxy) is 10. The number of nitrogens with zero attached hydrogens (tertiary/aromatic N) is 9. The molecule has 0 atom stereocenters. The molecule has 2 heterocycles. The number of aromatic nitrogens is 4. The molecule has 0 spiro atoms. The molecule has 0 aliphatic carbocycles. The highest BCUT2D eigenvalue weighted by molar-refractivity contribution is 5.83. The number of nitro benzene ring substituents is 2. The quantitative estimate of drug-likeness (QED) is 0.00449. The van der Waals surface area contributed by atoms with E-state index in [9.17, 15) is 29.4 Å². The Labute approximate surface area is 671 Å². The Kier molecular flexibility index (Phi) is 55.6. The van der Waals surface area contributed by atoms with E-state index in [4.69, 9.17) is 95.3 Å². The number of nitrogen functional groups attached to an aromatic ring is 4. The highest BCUT2D eigenvalue weighted by Crippen LogP contribution is 2.30. The van der Waals surface area contributed by atoms with Crippen molar-refractivity contribution in [1.29, 1.82) is 0 Å². The van der Waals surface area contributed by atoms with Gasteiger partial charge in [-0.3, -0.25) is 41.5 Å². The van der Waals surface area contributed by atoms with E-state index in [0.717, 1.165) is 119 Å². The fourth-order valence-electron chi connectivity index (χ4n) is 8.71. The van der Waals surface area contributed by atoms with Crippen molar-refractivity contribution in [3.8, 4) is 51.5 Å². The lowest BCUT2D eigenvalue weighted by Crippen LogP contribution is -2.19. The van der Waals surface area contributed by atoms with E-state index in [1.165, 1.54) is 18.2 Å². The summed E-state index contributed by atoms with van der Waals surface area (Å²) < 4.78 is 66.8. The molecule has 0 aliphatic heterocycles. The molecule has 638 valence electrons. The molecule has 0 unspecified atom stereocenters. The standard InChI is InChI=1S/C32H40N6O4.C12H19N3O4.C12H21N3O2.C8H8O2.C6H5FN2O2.C6H15NO2.CH2O2.CH4.H4N2.H2O/c1-37(2)13-15-39-17-19-41-25-9-11-27-29(21-25)35-31(33-27)23-5-7-24(8-6-23)32-34-28-12-10-26(22-30(28)36-32)42-20-18-40-16-14-38(3)4;1-14(2)5-6-18-7-8-19-10-3-4-12(15(16)17)11(13)9-10;1-15(2)5-6-16-7-8-17-10-3-4-11(13)12(14)9-10;1-10-8-4-2-7(6-9)3-5-8;7-4-1-2-6(9(10)11)5(8)3-4;1-7(2)3-5-9-6-4-8;2-1-3;;1-2;/h5-12,21-22H,13-20H2,1-4H3,(H,33,35)(H,34,36);3-4,9H,5-8,13H2,1-2H3;3-4,9H,5-8,13-14H2,1-2H3;2-6H,1H3;1-3H,8H2;8H,3-6H2,1-2H3;1H,(H,2,3);1H4;1-2H2;1H2. The summed E-state index contributed by atoms with van der Waals surface area (Å²) in [5.74, 6) is 12.6. The lowest BCUT2D eigenvalue weighted by Gasteiger charge is -2.11. The third-order valence-corrected chi connectivity index (χ3v) is 14.7. The summed E-state index contributed by atoms with van der Waals surface area (Å²) in [6.07, 6.45) is 0.805. The van der Waals surface area contributed by atoms with E-state index >= 15 is 0 Å². The van der Waals surface area contributed by atoms with Crippen LogP contribution < -0.4 is 58.3 Å². The van der Waals surface area contributed by atoms with Crippen molar-refractivity contribution < 1.29 is 86.9 Å². The van der Waals surface area contributed by atoms with E-state index < -0.39 is 15.7 Å². The number of halogens is 1. The number of likely N-dealkylation sites (N-methyl/N-ethyl adjacent to an activating group) is 5. The van der Waals surface area contributed by atoms with Gasteiger partial charge in [-0.25, -0.2) is 14.4 Å². The van der Waals surface area contributed by atoms with Crippen LogP contribution >= 0.6 is 0 Å². The molecular formula is C78H120FN17O19. The molecule has 0 amide bonds. The van der Waals surface area contributed by atoms with Gasteiger partial charge in [0, 0.05) is 91.9 Å². The number of benzene rings is 7. The highest BCUT2D eigenvalue weighted by Gasteiger charge is 2.14. The van der Waals surface area contributed by atoms with Crippen LogP contribution in [0.15, 0.2) is 140 Å². The van der Waals surface area contributed by atoms with Crippen molar-refractivity contribution in [3.63, 3.8) is 0 Å². The van der Waals surface area contributed by atoms with Gasteiger partial charge in [-0.2, -0.15) is 0 Å². The average molecular weight is 1620 g/mol. The monoisotopic (exact) mass is 1620 g/mol. The zero-order valence-corrected chi connectivity index (χ0v) is 66.9. The molecule has 2 aromatic heterocycles. The molecule has 7 aromatic carbocycles. The summed E-state index contributed by atoms with van der Waals surface area (Å²) in [4.78, 5) is 64.8. The first-order chi connectivity index (χ1) is 54.2. The Bertz CT molecular complexity index is 3970. The minimum atomic E-state index is -0.658. The number of aliphatic hydroxyl groups is 1. The zero-order valence-electron chi connectivity index (χ0n) is 66.9. The van der Waals surface area contributed by atoms with Crippen LogP contribution in [-0.2, 0) is 28.5 Å². The molecule has 9 rings (SSSR count). The van der Waals surface area contributed by atoms with Gasteiger partial charge in [-0.15, -0.1) is 0 Å². The summed E-state index contributed by atoms with van der Waals surface area (Å²) in [5, 5.41) is 35.9. The molecule has 115 heavy (non-hydrogen) atoms. The van der Waals surface area contributed by atoms with E-state index in [2.05, 4.69) is 36.4 Å². The van der Waals surface area contributed by atoms with Gasteiger partial charge in [0.15, 0.2) is 0 Å². The Morgan fingerprint density at radius 3 is 1.06 bits per heavy atom. The predicted octanol–water partition coefficient (Wildman–Crippen LogP) is 7.34. The number of nitro groups is 2. The van der Waals surface area contributed by atoms with Gasteiger partial charge in [0.2, 0.25) is 0 Å². The topological polar surface area (TPSA) is 514 Å². The van der Waals surface area contributed by atoms with Crippen molar-refractivity contribution in [3.05, 3.63) is 171 Å². The van der Waals surface area contributed by atoms with Crippen LogP contribution in [0, 0.1) is 26.0 Å². The first kappa shape index (κ1) is 104. The minimum Gasteiger partial charge on any atom is -0.497 e. The van der Waals surface area contributed by atoms with Gasteiger partial charge in [0.05, 0.1) is 123 Å². The second-order valence-corrected chi connectivity index (χ2v) is 25.0. The van der Waals surface area contributed by atoms with Crippen LogP contribution in [0.5, 0.6) is 28.7 Å². The number of anilines is 4. The van der Waals surface area contributed by atoms with E-state index in [0.29, 0.717) is 121 Å². The summed E-state index contributed by atoms with van der Waals surface area (Å²) in [6, 6.07) is 39.4. The maximum atomic E-state index is 12.3. The van der Waals surface area contributed by atoms with Crippen LogP contribution in [0.3, 0.4) is 0 Å². The molecular weight excluding hydrogens is 1500 g/mol. The van der Waals surface area contributed by atoms with Crippen molar-refractivity contribution in [2.75, 3.05) is 232 Å². The third kappa shape index (κ3) is 45.5. The number of H-pyrrole nitrogens is 2. The summed E-state index contributed by atoms with van der Waals surface area (Å²) >= 11 is 0. The Morgan fingerprint density at radius 1 is 0.435 bits per heavy atom. The lowest BCUT2D eigenvalue weighted by atomic mass is 10.1. The normalized spacial score (nSPS) is 10.3. The number of hydrazine groups is 1. The average Bonchev–Trinajstić information content (AvgIpc) is 1.66. The van der Waals surface area contributed by atoms with E-state index in [1.807, 2.05) is 141 Å². The number of carbonyl (C=O) groups excluding carboxylic acids is 1. The summed E-state index contributed by atoms with van der Waals surface area (Å²) in [7, 11) is 21.7. The number of methoxy groups -OCH3 is 1. The fraction of sp³-hybridized carbons (Fsp3) is 0.410. The molecule has 0 radical (unpaired) electrons. The number of imidazole rings is 2. The number of carboxylic acid groups (broad SMARTS) is 1. The van der Waals surface area contributed by atoms with E-state index in [-0.39, 0.29) is 48.7 Å². The molecule has 9 aromatic rings. The maximum Gasteiger partial charge on any atom is 0.292 e. The molecule has 37 heteroatoms. The number of nitrogens with one attached hydrogen (secondary N) is 2. The van der Waals surface area contributed by atoms with Gasteiger partial charge < -0.3 is 120 Å². The number of aldehydes is 1. The van der Waals surface area contributed by atoms with Crippen LogP contribution in [-0.4, -0.2) is 292 Å². The van der Waals surface area contributed by atoms with Gasteiger partial charge in [-0.1, -0.05) is 31.7 Å². The Hall–Kier alpha value is -11.0. The predicted molar refractivity (Wildman–Crippen MR) is 449 cm³/mol. The van der Waals surface area contributed by atoms with Gasteiger partial charge in [0.25, 0.3) is 17.8 Å². The lowest BCUT2D eigenvalue weighted by molar-refractivity contribution is -0.384. The molecule has 0 aliphatic rings. The number of rotatable bonds is 39. The SMILES string of the molecule is C.CN(C)CCOCCO.CN(C)CCOCCOc1ccc(N)c(N)c1.CN(C)CCOCCOc1ccc([N+](=O)[O-])c(N)c1.CN(C)CCOCCOc1ccc2nc(-c3ccc(-c4nc5ccc(OCCOCCN(C)C)cc5[nH]4)cc3)[nH]c2c1.COc1ccc(C=O)cc1.NN.Nc1cc(F)ccc1[N+](=O)[O-].O.O=CO. The fourth-order valence-corrected chi connectivity index (χ4v) is 8.71. The number of nitrogens with two attached hydrogens (primary N) is 6. The Balaban J connectivity index is 0.00000149. The minimum absolute atomic E-state index is 0. The van der Waals surface area contributed by atoms with Gasteiger partial charge in [0.1, 0.15) is 90.3 Å². The second-order valence-electron chi connectivity index (χ2n) is 25.0. The molecule has 0 saturated carbocycles. The van der Waals surface area contributed by atoms with Crippen molar-refractivity contribution in [2.24, 2.45) is 11.7 Å². The third-order valence-electron chi connectivity index (χ3n) is 14.7. The number of aromatic amines is 2. The summed E-state index contributed by atoms with van der Waals surface area (Å²) in [5.41, 5.74) is 28.9. The zero-order chi connectivity index (χ0) is 83.9. The molecule has 36 nitrogen and oxygen atoms in total. The first-order valence-electron chi connectivity index (χ1n) is 35.4. The second kappa shape index (κ2) is 61.5. The number of hydrogen-bond acceptors (Lipinski definition) is 30. The van der Waals surface area contributed by atoms with Crippen molar-refractivity contribution in [2.45, 2.75) is 7.43 Å². The number of fused-ring (bicyclic) bond motifs is 2. The van der Waals surface area contributed by atoms with Gasteiger partial charge >= 0.3 is 0 Å². The first-order valence-corrected chi connectivity index (χ1v) is 35.4. The van der Waals surface area contributed by atoms with E-state index in [1.54, 1.807) is 49.6 Å². The smallest absolute Gasteiger partial charge is 0.292 e. The molecule has 0 saturated heterocycles. The number of carbonyl (C=O) groups is 2. The molecule has 18 N–H and O–H groups in total. The Morgan fingerprint density at radius 2 is 0.748 bits per heavy atom. The van der Waals surface area contributed by atoms with Crippen LogP contribution in [0.25, 0.3) is 44.8 Å². The number of aliphatic hydroxyl groups excluding tert-OH is 1. The van der Waals surface area contributed by atoms with Gasteiger partial charge in [-0.05, 0) is 143 Å². The van der Waals surface area contributed by atoms with Crippen LogP contribution in [0.4, 0.5) is 38.5 Å². The number of hydrogen-bond donors (Lipinski definition) is 10. The largest absolute Gasteiger partial charge is 0.497 e. The molecule has 0 bridgehead atoms. The van der Waals surface area contributed by atoms with Crippen molar-refractivity contribution >= 4 is 68.9 Å². The van der Waals surface area contributed by atoms with Crippen LogP contribution in [0.2, 0.25) is 0 Å².